The molecule has 1 aromatic rings. The second-order valence-electron chi connectivity index (χ2n) is 6.04. The van der Waals surface area contributed by atoms with E-state index in [1.807, 2.05) is 0 Å². The van der Waals surface area contributed by atoms with Crippen molar-refractivity contribution in [2.24, 2.45) is 5.92 Å². The fourth-order valence-electron chi connectivity index (χ4n) is 3.02. The zero-order valence-corrected chi connectivity index (χ0v) is 13.7. The first-order chi connectivity index (χ1) is 10.7. The molecule has 1 unspecified atom stereocenters. The topological polar surface area (TPSA) is 26.3 Å². The van der Waals surface area contributed by atoms with E-state index in [4.69, 9.17) is 4.74 Å². The number of unbranched alkanes of at least 4 members (excludes halogenated alkanes) is 1. The summed E-state index contributed by atoms with van der Waals surface area (Å²) in [6.07, 6.45) is 6.69. The molecule has 22 heavy (non-hydrogen) atoms. The second kappa shape index (κ2) is 8.09. The average Bonchev–Trinajstić information content (AvgIpc) is 2.52. The second-order valence-corrected chi connectivity index (χ2v) is 6.04. The average molecular weight is 300 g/mol. The smallest absolute Gasteiger partial charge is 0.160 e. The number of allylic oxidation sites excluding steroid dienone is 3. The Morgan fingerprint density at radius 3 is 2.68 bits per heavy atom. The maximum atomic E-state index is 11.9. The summed E-state index contributed by atoms with van der Waals surface area (Å²) in [7, 11) is 1.71. The van der Waals surface area contributed by atoms with Gasteiger partial charge in [-0.15, -0.1) is 0 Å². The zero-order valence-electron chi connectivity index (χ0n) is 13.7. The fourth-order valence-corrected chi connectivity index (χ4v) is 3.02. The van der Waals surface area contributed by atoms with Crippen molar-refractivity contribution in [1.82, 2.24) is 0 Å². The number of hydrogen-bond acceptors (Lipinski definition) is 2. The summed E-state index contributed by atoms with van der Waals surface area (Å²) in [5.41, 5.74) is 4.60. The van der Waals surface area contributed by atoms with E-state index in [1.165, 1.54) is 18.4 Å². The highest BCUT2D eigenvalue weighted by atomic mass is 16.5. The molecule has 2 rings (SSSR count). The Morgan fingerprint density at radius 1 is 1.32 bits per heavy atom. The van der Waals surface area contributed by atoms with Gasteiger partial charge in [0, 0.05) is 27.5 Å². The summed E-state index contributed by atoms with van der Waals surface area (Å²) in [5.74, 6) is 0.378. The summed E-state index contributed by atoms with van der Waals surface area (Å²) < 4.78 is 5.21. The van der Waals surface area contributed by atoms with Crippen molar-refractivity contribution < 1.29 is 11.0 Å². The molecule has 1 atom stereocenters. The summed E-state index contributed by atoms with van der Waals surface area (Å²) in [6, 6.07) is 8.65. The molecular formula is C20H28O2. The highest BCUT2D eigenvalue weighted by molar-refractivity contribution is 6.01. The highest BCUT2D eigenvalue weighted by Crippen LogP contribution is 2.36. The Morgan fingerprint density at radius 2 is 2.05 bits per heavy atom. The van der Waals surface area contributed by atoms with E-state index in [-0.39, 0.29) is 13.1 Å². The Kier molecular flexibility index (Phi) is 6.14. The Hall–Kier alpha value is -1.67. The van der Waals surface area contributed by atoms with Gasteiger partial charge in [0.15, 0.2) is 5.78 Å². The van der Waals surface area contributed by atoms with Gasteiger partial charge in [0.2, 0.25) is 0 Å². The lowest BCUT2D eigenvalue weighted by Gasteiger charge is -2.26. The van der Waals surface area contributed by atoms with E-state index < -0.39 is 0 Å². The standard InChI is InChI=1S/C20H26O2.H2/c1-4-5-6-16-7-9-17(10-8-16)20-14-18(21)13-15(2)19(20)11-12-22-3;/h7-10,14,19H,2,4-6,11-13H2,1,3H3;1H. The maximum absolute atomic E-state index is 11.9. The molecule has 0 aliphatic heterocycles. The van der Waals surface area contributed by atoms with Crippen molar-refractivity contribution in [3.63, 3.8) is 0 Å². The van der Waals surface area contributed by atoms with Crippen LogP contribution < -0.4 is 0 Å². The van der Waals surface area contributed by atoms with Gasteiger partial charge >= 0.3 is 0 Å². The molecule has 0 amide bonds. The van der Waals surface area contributed by atoms with Crippen LogP contribution >= 0.6 is 0 Å². The van der Waals surface area contributed by atoms with Gasteiger partial charge in [-0.2, -0.15) is 0 Å². The first kappa shape index (κ1) is 16.7. The molecule has 0 radical (unpaired) electrons. The predicted octanol–water partition coefficient (Wildman–Crippen LogP) is 4.84. The number of rotatable bonds is 7. The lowest BCUT2D eigenvalue weighted by atomic mass is 9.78. The van der Waals surface area contributed by atoms with Crippen LogP contribution in [0.25, 0.3) is 5.57 Å². The number of ketones is 1. The normalized spacial score (nSPS) is 18.5. The van der Waals surface area contributed by atoms with Crippen LogP contribution in [0.15, 0.2) is 42.5 Å². The Labute approximate surface area is 135 Å². The number of ether oxygens (including phenoxy) is 1. The van der Waals surface area contributed by atoms with Gasteiger partial charge in [0.1, 0.15) is 0 Å². The molecule has 0 aromatic heterocycles. The first-order valence-corrected chi connectivity index (χ1v) is 8.16. The van der Waals surface area contributed by atoms with Gasteiger partial charge in [0.25, 0.3) is 0 Å². The van der Waals surface area contributed by atoms with Gasteiger partial charge in [-0.1, -0.05) is 49.8 Å². The van der Waals surface area contributed by atoms with E-state index >= 15 is 0 Å². The Balaban J connectivity index is 0.00000264. The largest absolute Gasteiger partial charge is 0.385 e. The molecule has 0 bridgehead atoms. The van der Waals surface area contributed by atoms with Gasteiger partial charge in [-0.25, -0.2) is 0 Å². The van der Waals surface area contributed by atoms with E-state index in [2.05, 4.69) is 37.8 Å². The molecule has 0 heterocycles. The lowest BCUT2D eigenvalue weighted by Crippen LogP contribution is -2.17. The van der Waals surface area contributed by atoms with Gasteiger partial charge in [0.05, 0.1) is 0 Å². The molecule has 0 spiro atoms. The summed E-state index contributed by atoms with van der Waals surface area (Å²) >= 11 is 0. The van der Waals surface area contributed by atoms with Crippen LogP contribution in [0.3, 0.4) is 0 Å². The molecule has 1 aromatic carbocycles. The number of methoxy groups -OCH3 is 1. The van der Waals surface area contributed by atoms with Crippen molar-refractivity contribution in [3.8, 4) is 0 Å². The lowest BCUT2D eigenvalue weighted by molar-refractivity contribution is -0.114. The Bertz CT molecular complexity index is 558. The van der Waals surface area contributed by atoms with E-state index in [9.17, 15) is 4.79 Å². The van der Waals surface area contributed by atoms with E-state index in [1.54, 1.807) is 13.2 Å². The van der Waals surface area contributed by atoms with Crippen LogP contribution in [-0.2, 0) is 16.0 Å². The van der Waals surface area contributed by atoms with Gasteiger partial charge < -0.3 is 4.74 Å². The summed E-state index contributed by atoms with van der Waals surface area (Å²) in [6.45, 7) is 7.01. The zero-order chi connectivity index (χ0) is 15.9. The quantitative estimate of drug-likeness (QED) is 0.673. The van der Waals surface area contributed by atoms with Crippen molar-refractivity contribution in [1.29, 1.82) is 0 Å². The van der Waals surface area contributed by atoms with Crippen molar-refractivity contribution >= 4 is 11.4 Å². The SMILES string of the molecule is C=C1CC(=O)C=C(c2ccc(CCCC)cc2)C1CCOC.[HH]. The maximum Gasteiger partial charge on any atom is 0.160 e. The minimum atomic E-state index is 0. The number of aryl methyl sites for hydroxylation is 1. The van der Waals surface area contributed by atoms with E-state index in [0.29, 0.717) is 13.0 Å². The van der Waals surface area contributed by atoms with Crippen molar-refractivity contribution in [3.05, 3.63) is 53.6 Å². The molecule has 2 heteroatoms. The summed E-state index contributed by atoms with van der Waals surface area (Å²) in [5, 5.41) is 0. The molecular weight excluding hydrogens is 272 g/mol. The van der Waals surface area contributed by atoms with Crippen molar-refractivity contribution in [2.75, 3.05) is 13.7 Å². The third-order valence-corrected chi connectivity index (χ3v) is 4.30. The van der Waals surface area contributed by atoms with E-state index in [0.717, 1.165) is 29.6 Å². The molecule has 0 saturated carbocycles. The molecule has 120 valence electrons. The first-order valence-electron chi connectivity index (χ1n) is 8.16. The number of benzene rings is 1. The minimum absolute atomic E-state index is 0. The highest BCUT2D eigenvalue weighted by Gasteiger charge is 2.25. The van der Waals surface area contributed by atoms with Gasteiger partial charge in [-0.05, 0) is 42.0 Å². The van der Waals surface area contributed by atoms with Crippen LogP contribution in [0.5, 0.6) is 0 Å². The third kappa shape index (κ3) is 4.17. The van der Waals surface area contributed by atoms with Crippen molar-refractivity contribution in [2.45, 2.75) is 39.0 Å². The fraction of sp³-hybridized carbons (Fsp3) is 0.450. The van der Waals surface area contributed by atoms with Crippen LogP contribution in [0.2, 0.25) is 0 Å². The molecule has 1 aliphatic carbocycles. The van der Waals surface area contributed by atoms with Crippen LogP contribution in [0, 0.1) is 5.92 Å². The van der Waals surface area contributed by atoms with Gasteiger partial charge in [-0.3, -0.25) is 4.79 Å². The molecule has 0 N–H and O–H groups in total. The predicted molar refractivity (Wildman–Crippen MR) is 93.9 cm³/mol. The monoisotopic (exact) mass is 300 g/mol. The molecule has 1 aliphatic rings. The molecule has 0 saturated heterocycles. The molecule has 2 nitrogen and oxygen atoms in total. The molecule has 0 fully saturated rings. The minimum Gasteiger partial charge on any atom is -0.385 e. The number of carbonyl (C=O) groups is 1. The summed E-state index contributed by atoms with van der Waals surface area (Å²) in [4.78, 5) is 11.9. The van der Waals surface area contributed by atoms with Crippen LogP contribution in [0.4, 0.5) is 0 Å². The number of hydrogen-bond donors (Lipinski definition) is 0. The van der Waals surface area contributed by atoms with Crippen LogP contribution in [0.1, 0.15) is 45.2 Å². The van der Waals surface area contributed by atoms with Crippen LogP contribution in [-0.4, -0.2) is 19.5 Å². The third-order valence-electron chi connectivity index (χ3n) is 4.30. The number of carbonyl (C=O) groups excluding carboxylic acids is 1.